The summed E-state index contributed by atoms with van der Waals surface area (Å²) in [7, 11) is 3.58. The number of rotatable bonds is 13. The number of allylic oxidation sites excluding steroid dienone is 1. The second kappa shape index (κ2) is 16.7. The van der Waals surface area contributed by atoms with Crippen molar-refractivity contribution in [3.63, 3.8) is 0 Å². The van der Waals surface area contributed by atoms with Crippen LogP contribution in [0.3, 0.4) is 0 Å². The van der Waals surface area contributed by atoms with Gasteiger partial charge in [-0.1, -0.05) is 36.4 Å². The highest BCUT2D eigenvalue weighted by Gasteiger charge is 2.10. The van der Waals surface area contributed by atoms with Crippen molar-refractivity contribution in [3.8, 4) is 0 Å². The molecule has 2 aromatic rings. The first kappa shape index (κ1) is 28.1. The zero-order valence-corrected chi connectivity index (χ0v) is 21.2. The first-order valence-electron chi connectivity index (χ1n) is 11.1. The van der Waals surface area contributed by atoms with Crippen LogP contribution in [0.15, 0.2) is 48.5 Å². The highest BCUT2D eigenvalue weighted by molar-refractivity contribution is 6.18. The molecule has 2 rings (SSSR count). The largest absolute Gasteiger partial charge is 0.397 e. The van der Waals surface area contributed by atoms with Crippen molar-refractivity contribution in [1.29, 1.82) is 0 Å². The fourth-order valence-corrected chi connectivity index (χ4v) is 3.80. The van der Waals surface area contributed by atoms with Gasteiger partial charge in [-0.05, 0) is 56.3 Å². The van der Waals surface area contributed by atoms with Gasteiger partial charge in [0.25, 0.3) is 0 Å². The summed E-state index contributed by atoms with van der Waals surface area (Å²) in [5, 5.41) is 3.52. The average molecular weight is 481 g/mol. The molecule has 5 N–H and O–H groups in total. The van der Waals surface area contributed by atoms with Crippen molar-refractivity contribution in [2.45, 2.75) is 19.9 Å². The number of benzene rings is 2. The normalized spacial score (nSPS) is 10.7. The Morgan fingerprint density at radius 1 is 0.969 bits per heavy atom. The summed E-state index contributed by atoms with van der Waals surface area (Å²) in [6.45, 7) is 6.32. The summed E-state index contributed by atoms with van der Waals surface area (Å²) >= 11 is 11.8. The number of halogens is 2. The molecule has 0 aliphatic rings. The molecule has 0 amide bonds. The van der Waals surface area contributed by atoms with Crippen LogP contribution in [0.4, 0.5) is 17.1 Å². The molecule has 178 valence electrons. The van der Waals surface area contributed by atoms with E-state index < -0.39 is 0 Å². The van der Waals surface area contributed by atoms with E-state index in [0.717, 1.165) is 56.2 Å². The number of nitrogens with zero attached hydrogens (tertiary/aromatic N) is 2. The molecular weight excluding hydrogens is 441 g/mol. The van der Waals surface area contributed by atoms with Crippen molar-refractivity contribution in [2.75, 3.05) is 67.6 Å². The molecule has 0 aliphatic heterocycles. The molecule has 7 heteroatoms. The molecule has 0 unspecified atom stereocenters. The van der Waals surface area contributed by atoms with Gasteiger partial charge in [0.05, 0.1) is 11.4 Å². The second-order valence-corrected chi connectivity index (χ2v) is 8.06. The maximum absolute atomic E-state index is 6.34. The Kier molecular flexibility index (Phi) is 14.7. The fraction of sp³-hybridized carbons (Fsp3) is 0.440. The van der Waals surface area contributed by atoms with E-state index in [0.29, 0.717) is 11.8 Å². The van der Waals surface area contributed by atoms with E-state index in [1.807, 2.05) is 13.0 Å². The Labute approximate surface area is 204 Å². The minimum Gasteiger partial charge on any atom is -0.397 e. The molecule has 0 spiro atoms. The highest BCUT2D eigenvalue weighted by atomic mass is 35.5. The van der Waals surface area contributed by atoms with E-state index in [1.165, 1.54) is 18.2 Å². The van der Waals surface area contributed by atoms with Crippen LogP contribution < -0.4 is 26.6 Å². The van der Waals surface area contributed by atoms with Crippen LogP contribution in [0, 0.1) is 0 Å². The quantitative estimate of drug-likeness (QED) is 0.219. The molecule has 0 heterocycles. The fourth-order valence-electron chi connectivity index (χ4n) is 3.39. The van der Waals surface area contributed by atoms with Gasteiger partial charge in [-0.25, -0.2) is 0 Å². The number of alkyl halides is 2. The number of nitrogens with one attached hydrogen (secondary N) is 1. The third-order valence-electron chi connectivity index (χ3n) is 5.01. The number of nitrogen functional groups attached to an aromatic ring is 1. The third kappa shape index (κ3) is 9.70. The van der Waals surface area contributed by atoms with Gasteiger partial charge in [-0.15, -0.1) is 23.2 Å². The van der Waals surface area contributed by atoms with Gasteiger partial charge >= 0.3 is 0 Å². The van der Waals surface area contributed by atoms with Gasteiger partial charge in [0, 0.05) is 50.7 Å². The zero-order chi connectivity index (χ0) is 23.8. The molecule has 32 heavy (non-hydrogen) atoms. The van der Waals surface area contributed by atoms with Crippen LogP contribution in [0.1, 0.15) is 24.5 Å². The Hall–Kier alpha value is -1.92. The van der Waals surface area contributed by atoms with Crippen LogP contribution in [0.25, 0.3) is 6.08 Å². The lowest BCUT2D eigenvalue weighted by molar-refractivity contribution is 0.646. The predicted molar refractivity (Wildman–Crippen MR) is 145 cm³/mol. The first-order valence-corrected chi connectivity index (χ1v) is 12.1. The zero-order valence-electron chi connectivity index (χ0n) is 19.7. The second-order valence-electron chi connectivity index (χ2n) is 7.30. The van der Waals surface area contributed by atoms with Gasteiger partial charge < -0.3 is 26.6 Å². The molecule has 0 fully saturated rings. The minimum atomic E-state index is 0.561. The number of nitrogens with two attached hydrogens (primary N) is 2. The molecule has 0 atom stereocenters. The summed E-state index contributed by atoms with van der Waals surface area (Å²) in [5.74, 6) is 1.12. The first-order chi connectivity index (χ1) is 15.6. The summed E-state index contributed by atoms with van der Waals surface area (Å²) in [6, 6.07) is 14.8. The van der Waals surface area contributed by atoms with E-state index in [2.05, 4.69) is 76.4 Å². The molecule has 0 bridgehead atoms. The number of anilines is 3. The van der Waals surface area contributed by atoms with Crippen molar-refractivity contribution in [3.05, 3.63) is 59.7 Å². The van der Waals surface area contributed by atoms with E-state index >= 15 is 0 Å². The van der Waals surface area contributed by atoms with E-state index in [9.17, 15) is 0 Å². The topological polar surface area (TPSA) is 70.5 Å². The number of hydrogen-bond acceptors (Lipinski definition) is 5. The van der Waals surface area contributed by atoms with Crippen molar-refractivity contribution in [2.24, 2.45) is 5.73 Å². The summed E-state index contributed by atoms with van der Waals surface area (Å²) in [5.41, 5.74) is 16.3. The van der Waals surface area contributed by atoms with Crippen LogP contribution in [-0.2, 0) is 6.54 Å². The SMILES string of the molecule is C/C=C/c1ccc(CNCCCN(C)c2ccc(N(CCCl)CCCl)cc2N)cc1.CN. The number of hydrogen-bond donors (Lipinski definition) is 3. The van der Waals surface area contributed by atoms with E-state index in [1.54, 1.807) is 0 Å². The summed E-state index contributed by atoms with van der Waals surface area (Å²) < 4.78 is 0. The smallest absolute Gasteiger partial charge is 0.0598 e. The van der Waals surface area contributed by atoms with Gasteiger partial charge in [0.2, 0.25) is 0 Å². The lowest BCUT2D eigenvalue weighted by atomic mass is 10.1. The summed E-state index contributed by atoms with van der Waals surface area (Å²) in [6.07, 6.45) is 5.21. The van der Waals surface area contributed by atoms with Gasteiger partial charge in [-0.3, -0.25) is 0 Å². The van der Waals surface area contributed by atoms with Crippen molar-refractivity contribution < 1.29 is 0 Å². The van der Waals surface area contributed by atoms with Gasteiger partial charge in [0.1, 0.15) is 0 Å². The Morgan fingerprint density at radius 3 is 2.19 bits per heavy atom. The monoisotopic (exact) mass is 479 g/mol. The lowest BCUT2D eigenvalue weighted by Crippen LogP contribution is -2.28. The molecule has 2 aromatic carbocycles. The third-order valence-corrected chi connectivity index (χ3v) is 5.35. The van der Waals surface area contributed by atoms with Crippen LogP contribution in [0.2, 0.25) is 0 Å². The maximum atomic E-state index is 6.34. The van der Waals surface area contributed by atoms with Crippen LogP contribution in [0.5, 0.6) is 0 Å². The molecule has 0 radical (unpaired) electrons. The van der Waals surface area contributed by atoms with Crippen LogP contribution >= 0.6 is 23.2 Å². The minimum absolute atomic E-state index is 0.561. The Morgan fingerprint density at radius 2 is 1.62 bits per heavy atom. The maximum Gasteiger partial charge on any atom is 0.0598 e. The van der Waals surface area contributed by atoms with Gasteiger partial charge in [-0.2, -0.15) is 0 Å². The van der Waals surface area contributed by atoms with Crippen molar-refractivity contribution in [1.82, 2.24) is 5.32 Å². The van der Waals surface area contributed by atoms with Crippen molar-refractivity contribution >= 4 is 46.3 Å². The molecular formula is C25H39Cl2N5. The molecule has 0 saturated carbocycles. The molecule has 0 aliphatic carbocycles. The van der Waals surface area contributed by atoms with Gasteiger partial charge in [0.15, 0.2) is 0 Å². The standard InChI is InChI=1S/C24H34Cl2N4.CH5N/c1-3-5-20-6-8-21(9-7-20)19-28-14-4-15-29(2)24-11-10-22(18-23(24)27)30(16-12-25)17-13-26;1-2/h3,5-11,18,28H,4,12-17,19,27H2,1-2H3;2H2,1H3/b5-3+;. The van der Waals surface area contributed by atoms with E-state index in [4.69, 9.17) is 28.9 Å². The predicted octanol–water partition coefficient (Wildman–Crippen LogP) is 4.78. The van der Waals surface area contributed by atoms with Crippen LogP contribution in [-0.4, -0.2) is 52.0 Å². The van der Waals surface area contributed by atoms with E-state index in [-0.39, 0.29) is 0 Å². The molecule has 0 saturated heterocycles. The molecule has 0 aromatic heterocycles. The lowest BCUT2D eigenvalue weighted by Gasteiger charge is -2.26. The highest BCUT2D eigenvalue weighted by Crippen LogP contribution is 2.28. The summed E-state index contributed by atoms with van der Waals surface area (Å²) in [4.78, 5) is 4.37. The molecule has 5 nitrogen and oxygen atoms in total. The Bertz CT molecular complexity index is 774. The Balaban J connectivity index is 0.00000249. The average Bonchev–Trinajstić information content (AvgIpc) is 2.81.